The maximum Gasteiger partial charge on any atom is 0.416 e. The highest BCUT2D eigenvalue weighted by atomic mass is 19.4. The number of furan rings is 1. The monoisotopic (exact) mass is 518 g/mol. The Kier molecular flexibility index (Phi) is 7.12. The molecule has 7 nitrogen and oxygen atoms in total. The number of nitrogens with one attached hydrogen (secondary N) is 1. The first-order chi connectivity index (χ1) is 17.3. The number of nitrogens with zero attached hydrogens (tertiary/aromatic N) is 1. The fourth-order valence-corrected chi connectivity index (χ4v) is 4.20. The zero-order chi connectivity index (χ0) is 27.0. The van der Waals surface area contributed by atoms with Crippen molar-refractivity contribution < 1.29 is 36.7 Å². The Balaban J connectivity index is 1.45. The Hall–Kier alpha value is -3.69. The van der Waals surface area contributed by atoms with E-state index in [-0.39, 0.29) is 18.6 Å². The Morgan fingerprint density at radius 2 is 1.89 bits per heavy atom. The number of ether oxygens (including phenoxy) is 2. The lowest BCUT2D eigenvalue weighted by Crippen LogP contribution is -2.40. The lowest BCUT2D eigenvalue weighted by molar-refractivity contribution is -0.137. The van der Waals surface area contributed by atoms with Crippen molar-refractivity contribution in [2.45, 2.75) is 58.5 Å². The van der Waals surface area contributed by atoms with Gasteiger partial charge in [0.2, 0.25) is 0 Å². The van der Waals surface area contributed by atoms with Gasteiger partial charge in [-0.3, -0.25) is 4.79 Å². The second-order valence-corrected chi connectivity index (χ2v) is 10.1. The fraction of sp³-hybridized carbons (Fsp3) is 0.407. The minimum absolute atomic E-state index is 0.0731. The number of hydrogen-bond acceptors (Lipinski definition) is 5. The van der Waals surface area contributed by atoms with E-state index in [9.17, 15) is 22.8 Å². The van der Waals surface area contributed by atoms with Crippen molar-refractivity contribution in [3.63, 3.8) is 0 Å². The minimum Gasteiger partial charge on any atom is -0.489 e. The SMILES string of the molecule is Cc1oc2ccc(OCc3cccc(C(F)(F)F)c3)cc2c1C(=O)NC1CCN(C(=O)OC(C)(C)C)C1. The van der Waals surface area contributed by atoms with Crippen LogP contribution in [0.15, 0.2) is 46.9 Å². The van der Waals surface area contributed by atoms with Gasteiger partial charge in [-0.05, 0) is 70.0 Å². The zero-order valence-corrected chi connectivity index (χ0v) is 21.1. The van der Waals surface area contributed by atoms with Crippen molar-refractivity contribution in [1.29, 1.82) is 0 Å². The summed E-state index contributed by atoms with van der Waals surface area (Å²) in [5.41, 5.74) is -0.157. The molecule has 0 aliphatic carbocycles. The van der Waals surface area contributed by atoms with Crippen molar-refractivity contribution in [2.75, 3.05) is 13.1 Å². The molecule has 2 amide bonds. The van der Waals surface area contributed by atoms with Crippen LogP contribution >= 0.6 is 0 Å². The maximum absolute atomic E-state index is 13.2. The van der Waals surface area contributed by atoms with E-state index in [2.05, 4.69) is 5.32 Å². The highest BCUT2D eigenvalue weighted by Crippen LogP contribution is 2.31. The van der Waals surface area contributed by atoms with Crippen LogP contribution in [0.5, 0.6) is 5.75 Å². The van der Waals surface area contributed by atoms with E-state index in [0.29, 0.717) is 53.1 Å². The van der Waals surface area contributed by atoms with Crippen molar-refractivity contribution in [3.05, 3.63) is 64.9 Å². The van der Waals surface area contributed by atoms with Gasteiger partial charge >= 0.3 is 12.3 Å². The number of halogens is 3. The number of amides is 2. The number of carbonyl (C=O) groups excluding carboxylic acids is 2. The van der Waals surface area contributed by atoms with Crippen LogP contribution in [0.25, 0.3) is 11.0 Å². The molecule has 1 N–H and O–H groups in total. The fourth-order valence-electron chi connectivity index (χ4n) is 4.20. The molecular formula is C27H29F3N2O5. The summed E-state index contributed by atoms with van der Waals surface area (Å²) in [6.07, 6.45) is -4.27. The molecule has 0 bridgehead atoms. The molecule has 1 fully saturated rings. The summed E-state index contributed by atoms with van der Waals surface area (Å²) in [6, 6.07) is 9.61. The number of hydrogen-bond donors (Lipinski definition) is 1. The summed E-state index contributed by atoms with van der Waals surface area (Å²) < 4.78 is 55.8. The first-order valence-electron chi connectivity index (χ1n) is 11.9. The first kappa shape index (κ1) is 26.4. The van der Waals surface area contributed by atoms with Gasteiger partial charge in [0, 0.05) is 24.5 Å². The summed E-state index contributed by atoms with van der Waals surface area (Å²) in [6.45, 7) is 7.80. The quantitative estimate of drug-likeness (QED) is 0.443. The smallest absolute Gasteiger partial charge is 0.416 e. The number of fused-ring (bicyclic) bond motifs is 1. The molecular weight excluding hydrogens is 489 g/mol. The molecule has 10 heteroatoms. The molecule has 1 unspecified atom stereocenters. The van der Waals surface area contributed by atoms with Gasteiger partial charge in [0.05, 0.1) is 11.1 Å². The van der Waals surface area contributed by atoms with Gasteiger partial charge in [0.15, 0.2) is 0 Å². The van der Waals surface area contributed by atoms with Gasteiger partial charge in [0.25, 0.3) is 5.91 Å². The molecule has 1 aliphatic heterocycles. The van der Waals surface area contributed by atoms with Crippen LogP contribution in [-0.2, 0) is 17.5 Å². The highest BCUT2D eigenvalue weighted by Gasteiger charge is 2.32. The van der Waals surface area contributed by atoms with Crippen molar-refractivity contribution >= 4 is 23.0 Å². The largest absolute Gasteiger partial charge is 0.489 e. The molecule has 1 aromatic heterocycles. The number of rotatable bonds is 5. The summed E-state index contributed by atoms with van der Waals surface area (Å²) >= 11 is 0. The van der Waals surface area contributed by atoms with E-state index >= 15 is 0 Å². The minimum atomic E-state index is -4.44. The number of benzene rings is 2. The molecule has 0 radical (unpaired) electrons. The van der Waals surface area contributed by atoms with Crippen LogP contribution in [0.2, 0.25) is 0 Å². The van der Waals surface area contributed by atoms with Gasteiger partial charge in [-0.1, -0.05) is 12.1 Å². The van der Waals surface area contributed by atoms with E-state index in [4.69, 9.17) is 13.9 Å². The highest BCUT2D eigenvalue weighted by molar-refractivity contribution is 6.07. The molecule has 4 rings (SSSR count). The van der Waals surface area contributed by atoms with E-state index < -0.39 is 23.4 Å². The Morgan fingerprint density at radius 3 is 2.59 bits per heavy atom. The van der Waals surface area contributed by atoms with Gasteiger partial charge in [0.1, 0.15) is 29.3 Å². The van der Waals surface area contributed by atoms with Crippen LogP contribution in [-0.4, -0.2) is 41.6 Å². The molecule has 2 heterocycles. The third-order valence-electron chi connectivity index (χ3n) is 5.90. The Labute approximate surface area is 212 Å². The summed E-state index contributed by atoms with van der Waals surface area (Å²) in [7, 11) is 0. The van der Waals surface area contributed by atoms with E-state index in [0.717, 1.165) is 12.1 Å². The standard InChI is InChI=1S/C27H29F3N2O5/c1-16-23(24(33)31-19-10-11-32(14-19)25(34)37-26(2,3)4)21-13-20(8-9-22(21)36-16)35-15-17-6-5-7-18(12-17)27(28,29)30/h5-9,12-13,19H,10-11,14-15H2,1-4H3,(H,31,33). The van der Waals surface area contributed by atoms with Crippen molar-refractivity contribution in [1.82, 2.24) is 10.2 Å². The van der Waals surface area contributed by atoms with Crippen LogP contribution in [0, 0.1) is 6.92 Å². The number of likely N-dealkylation sites (tertiary alicyclic amines) is 1. The van der Waals surface area contributed by atoms with Crippen LogP contribution in [0.3, 0.4) is 0 Å². The van der Waals surface area contributed by atoms with Crippen LogP contribution in [0.1, 0.15) is 54.4 Å². The Bertz CT molecular complexity index is 1310. The topological polar surface area (TPSA) is 81.0 Å². The molecule has 3 aromatic rings. The molecule has 1 atom stereocenters. The lowest BCUT2D eigenvalue weighted by atomic mass is 10.1. The number of aryl methyl sites for hydroxylation is 1. The van der Waals surface area contributed by atoms with E-state index in [1.54, 1.807) is 56.9 Å². The average molecular weight is 519 g/mol. The van der Waals surface area contributed by atoms with Crippen molar-refractivity contribution in [2.24, 2.45) is 0 Å². The van der Waals surface area contributed by atoms with Gasteiger partial charge in [-0.25, -0.2) is 4.79 Å². The Morgan fingerprint density at radius 1 is 1.14 bits per heavy atom. The number of alkyl halides is 3. The lowest BCUT2D eigenvalue weighted by Gasteiger charge is -2.24. The normalized spacial score (nSPS) is 16.2. The average Bonchev–Trinajstić information content (AvgIpc) is 3.39. The third kappa shape index (κ3) is 6.36. The first-order valence-corrected chi connectivity index (χ1v) is 11.9. The van der Waals surface area contributed by atoms with E-state index in [1.165, 1.54) is 6.07 Å². The molecule has 1 saturated heterocycles. The summed E-state index contributed by atoms with van der Waals surface area (Å²) in [5.74, 6) is 0.462. The molecule has 0 spiro atoms. The van der Waals surface area contributed by atoms with E-state index in [1.807, 2.05) is 0 Å². The van der Waals surface area contributed by atoms with Crippen LogP contribution < -0.4 is 10.1 Å². The second kappa shape index (κ2) is 9.99. The van der Waals surface area contributed by atoms with Gasteiger partial charge < -0.3 is 24.1 Å². The van der Waals surface area contributed by atoms with Crippen LogP contribution in [0.4, 0.5) is 18.0 Å². The maximum atomic E-state index is 13.2. The predicted octanol–water partition coefficient (Wildman–Crippen LogP) is 6.08. The zero-order valence-electron chi connectivity index (χ0n) is 21.1. The van der Waals surface area contributed by atoms with Gasteiger partial charge in [-0.2, -0.15) is 13.2 Å². The molecule has 1 aliphatic rings. The summed E-state index contributed by atoms with van der Waals surface area (Å²) in [5, 5.41) is 3.49. The predicted molar refractivity (Wildman–Crippen MR) is 130 cm³/mol. The molecule has 0 saturated carbocycles. The third-order valence-corrected chi connectivity index (χ3v) is 5.90. The second-order valence-electron chi connectivity index (χ2n) is 10.1. The number of carbonyl (C=O) groups is 2. The summed E-state index contributed by atoms with van der Waals surface area (Å²) in [4.78, 5) is 27.1. The molecule has 198 valence electrons. The van der Waals surface area contributed by atoms with Gasteiger partial charge in [-0.15, -0.1) is 0 Å². The molecule has 2 aromatic carbocycles. The van der Waals surface area contributed by atoms with Crippen molar-refractivity contribution in [3.8, 4) is 5.75 Å². The molecule has 37 heavy (non-hydrogen) atoms.